The Morgan fingerprint density at radius 2 is 2.06 bits per heavy atom. The first kappa shape index (κ1) is 11.7. The molecule has 0 aromatic heterocycles. The van der Waals surface area contributed by atoms with Gasteiger partial charge >= 0.3 is 0 Å². The number of carbonyl (C=O) groups is 1. The quantitative estimate of drug-likeness (QED) is 0.799. The summed E-state index contributed by atoms with van der Waals surface area (Å²) in [6.07, 6.45) is 0. The Kier molecular flexibility index (Phi) is 3.06. The Morgan fingerprint density at radius 1 is 1.28 bits per heavy atom. The lowest BCUT2D eigenvalue weighted by Crippen LogP contribution is -2.35. The van der Waals surface area contributed by atoms with Crippen LogP contribution in [0, 0.1) is 17.8 Å². The van der Waals surface area contributed by atoms with Gasteiger partial charge in [0.25, 0.3) is 0 Å². The van der Waals surface area contributed by atoms with Crippen molar-refractivity contribution in [2.75, 3.05) is 13.2 Å². The molecule has 1 aromatic rings. The number of rotatable bonds is 5. The number of hydrogen-bond acceptors (Lipinski definition) is 3. The first-order valence-corrected chi connectivity index (χ1v) is 6.34. The van der Waals surface area contributed by atoms with Crippen LogP contribution >= 0.6 is 0 Å². The van der Waals surface area contributed by atoms with Gasteiger partial charge in [-0.3, -0.25) is 4.79 Å². The molecule has 2 N–H and O–H groups in total. The van der Waals surface area contributed by atoms with Gasteiger partial charge in [-0.15, -0.1) is 0 Å². The molecule has 0 spiro atoms. The van der Waals surface area contributed by atoms with Crippen LogP contribution in [-0.2, 0) is 16.1 Å². The molecular weight excluding hydrogens is 230 g/mol. The minimum atomic E-state index is -0.0622. The van der Waals surface area contributed by atoms with Crippen LogP contribution in [0.4, 0.5) is 0 Å². The zero-order chi connectivity index (χ0) is 12.5. The molecule has 96 valence electrons. The molecule has 0 bridgehead atoms. The SMILES string of the molecule is O=C1N[C@H](CO)[C@H]2[C@@H](COCc3ccccc3)[C@@H]12. The van der Waals surface area contributed by atoms with E-state index in [-0.39, 0.29) is 30.4 Å². The number of ether oxygens (including phenoxy) is 1. The average molecular weight is 247 g/mol. The van der Waals surface area contributed by atoms with E-state index >= 15 is 0 Å². The number of aliphatic hydroxyl groups excluding tert-OH is 1. The highest BCUT2D eigenvalue weighted by atomic mass is 16.5. The summed E-state index contributed by atoms with van der Waals surface area (Å²) >= 11 is 0. The number of hydrogen-bond donors (Lipinski definition) is 2. The van der Waals surface area contributed by atoms with Gasteiger partial charge in [0.15, 0.2) is 0 Å². The maximum absolute atomic E-state index is 11.6. The second-order valence-electron chi connectivity index (χ2n) is 5.07. The van der Waals surface area contributed by atoms with Crippen LogP contribution in [0.2, 0.25) is 0 Å². The van der Waals surface area contributed by atoms with Gasteiger partial charge in [-0.2, -0.15) is 0 Å². The fourth-order valence-corrected chi connectivity index (χ4v) is 2.96. The number of aliphatic hydroxyl groups is 1. The lowest BCUT2D eigenvalue weighted by Gasteiger charge is -2.13. The summed E-state index contributed by atoms with van der Waals surface area (Å²) in [6.45, 7) is 1.22. The van der Waals surface area contributed by atoms with Crippen molar-refractivity contribution in [1.82, 2.24) is 5.32 Å². The standard InChI is InChI=1S/C14H17NO3/c16-6-11-12-10(13(12)14(17)15-11)8-18-7-9-4-2-1-3-5-9/h1-5,10-13,16H,6-8H2,(H,15,17)/t10-,11-,12-,13-/m1/s1. The molecule has 0 unspecified atom stereocenters. The summed E-state index contributed by atoms with van der Waals surface area (Å²) in [5.74, 6) is 0.711. The van der Waals surface area contributed by atoms with Crippen molar-refractivity contribution in [2.45, 2.75) is 12.6 Å². The minimum Gasteiger partial charge on any atom is -0.394 e. The van der Waals surface area contributed by atoms with E-state index in [2.05, 4.69) is 5.32 Å². The summed E-state index contributed by atoms with van der Waals surface area (Å²) in [6, 6.07) is 9.94. The van der Waals surface area contributed by atoms with E-state index in [1.165, 1.54) is 0 Å². The maximum atomic E-state index is 11.6. The monoisotopic (exact) mass is 247 g/mol. The van der Waals surface area contributed by atoms with Gasteiger partial charge in [-0.05, 0) is 17.4 Å². The van der Waals surface area contributed by atoms with Crippen LogP contribution < -0.4 is 5.32 Å². The summed E-state index contributed by atoms with van der Waals surface area (Å²) in [5.41, 5.74) is 1.14. The van der Waals surface area contributed by atoms with Crippen molar-refractivity contribution in [3.05, 3.63) is 35.9 Å². The van der Waals surface area contributed by atoms with Gasteiger partial charge in [0.2, 0.25) is 5.91 Å². The van der Waals surface area contributed by atoms with Gasteiger partial charge in [-0.1, -0.05) is 30.3 Å². The molecule has 18 heavy (non-hydrogen) atoms. The summed E-state index contributed by atoms with van der Waals surface area (Å²) in [4.78, 5) is 11.6. The Balaban J connectivity index is 1.47. The van der Waals surface area contributed by atoms with E-state index in [0.717, 1.165) is 5.56 Å². The lowest BCUT2D eigenvalue weighted by molar-refractivity contribution is -0.122. The van der Waals surface area contributed by atoms with E-state index in [9.17, 15) is 4.79 Å². The Labute approximate surface area is 106 Å². The third-order valence-electron chi connectivity index (χ3n) is 3.94. The molecule has 1 aliphatic heterocycles. The number of amides is 1. The third kappa shape index (κ3) is 2.02. The Morgan fingerprint density at radius 3 is 2.78 bits per heavy atom. The van der Waals surface area contributed by atoms with Gasteiger partial charge in [0.05, 0.1) is 25.9 Å². The first-order valence-electron chi connectivity index (χ1n) is 6.34. The molecule has 1 amide bonds. The number of piperidine rings is 1. The summed E-state index contributed by atoms with van der Waals surface area (Å²) < 4.78 is 5.66. The summed E-state index contributed by atoms with van der Waals surface area (Å²) in [7, 11) is 0. The van der Waals surface area contributed by atoms with Crippen LogP contribution in [0.5, 0.6) is 0 Å². The van der Waals surface area contributed by atoms with E-state index in [0.29, 0.717) is 19.1 Å². The van der Waals surface area contributed by atoms with Gasteiger partial charge < -0.3 is 15.2 Å². The topological polar surface area (TPSA) is 58.6 Å². The zero-order valence-corrected chi connectivity index (χ0v) is 10.1. The van der Waals surface area contributed by atoms with Crippen LogP contribution in [0.1, 0.15) is 5.56 Å². The van der Waals surface area contributed by atoms with Crippen molar-refractivity contribution >= 4 is 5.91 Å². The largest absolute Gasteiger partial charge is 0.394 e. The minimum absolute atomic E-state index is 0.0299. The predicted molar refractivity (Wildman–Crippen MR) is 65.6 cm³/mol. The second-order valence-corrected chi connectivity index (χ2v) is 5.07. The molecule has 1 saturated heterocycles. The highest BCUT2D eigenvalue weighted by Gasteiger charge is 2.62. The molecular formula is C14H17NO3. The van der Waals surface area contributed by atoms with Gasteiger partial charge in [-0.25, -0.2) is 0 Å². The zero-order valence-electron chi connectivity index (χ0n) is 10.1. The summed E-state index contributed by atoms with van der Waals surface area (Å²) in [5, 5.41) is 11.9. The second kappa shape index (κ2) is 4.71. The van der Waals surface area contributed by atoms with Crippen molar-refractivity contribution in [3.8, 4) is 0 Å². The van der Waals surface area contributed by atoms with Crippen LogP contribution in [-0.4, -0.2) is 30.3 Å². The molecule has 0 radical (unpaired) electrons. The third-order valence-corrected chi connectivity index (χ3v) is 3.94. The molecule has 1 aromatic carbocycles. The van der Waals surface area contributed by atoms with E-state index < -0.39 is 0 Å². The fraction of sp³-hybridized carbons (Fsp3) is 0.500. The molecule has 1 heterocycles. The fourth-order valence-electron chi connectivity index (χ4n) is 2.96. The molecule has 3 rings (SSSR count). The van der Waals surface area contributed by atoms with Gasteiger partial charge in [0, 0.05) is 5.92 Å². The number of benzene rings is 1. The van der Waals surface area contributed by atoms with Crippen molar-refractivity contribution < 1.29 is 14.6 Å². The highest BCUT2D eigenvalue weighted by Crippen LogP contribution is 2.52. The Bertz CT molecular complexity index is 434. The van der Waals surface area contributed by atoms with Gasteiger partial charge in [0.1, 0.15) is 0 Å². The highest BCUT2D eigenvalue weighted by molar-refractivity contribution is 5.85. The van der Waals surface area contributed by atoms with E-state index in [4.69, 9.17) is 9.84 Å². The van der Waals surface area contributed by atoms with E-state index in [1.54, 1.807) is 0 Å². The first-order chi connectivity index (χ1) is 8.81. The number of fused-ring (bicyclic) bond motifs is 1. The van der Waals surface area contributed by atoms with E-state index in [1.807, 2.05) is 30.3 Å². The molecule has 2 aliphatic rings. The number of carbonyl (C=O) groups excluding carboxylic acids is 1. The van der Waals surface area contributed by atoms with Crippen molar-refractivity contribution in [2.24, 2.45) is 17.8 Å². The molecule has 1 saturated carbocycles. The molecule has 4 atom stereocenters. The normalized spacial score (nSPS) is 33.1. The average Bonchev–Trinajstić information content (AvgIpc) is 3.01. The lowest BCUT2D eigenvalue weighted by atomic mass is 10.2. The molecule has 4 heteroatoms. The maximum Gasteiger partial charge on any atom is 0.224 e. The predicted octanol–water partition coefficient (Wildman–Crippen LogP) is 0.556. The smallest absolute Gasteiger partial charge is 0.224 e. The molecule has 4 nitrogen and oxygen atoms in total. The Hall–Kier alpha value is -1.39. The molecule has 2 fully saturated rings. The molecule has 1 aliphatic carbocycles. The van der Waals surface area contributed by atoms with Crippen LogP contribution in [0.3, 0.4) is 0 Å². The van der Waals surface area contributed by atoms with Crippen LogP contribution in [0.15, 0.2) is 30.3 Å². The van der Waals surface area contributed by atoms with Crippen molar-refractivity contribution in [3.63, 3.8) is 0 Å². The van der Waals surface area contributed by atoms with Crippen LogP contribution in [0.25, 0.3) is 0 Å². The van der Waals surface area contributed by atoms with Crippen molar-refractivity contribution in [1.29, 1.82) is 0 Å². The number of nitrogens with one attached hydrogen (secondary N) is 1.